The van der Waals surface area contributed by atoms with Gasteiger partial charge in [-0.1, -0.05) is 18.2 Å². The Hall–Kier alpha value is -4.92. The maximum absolute atomic E-state index is 13.6. The third kappa shape index (κ3) is 5.20. The van der Waals surface area contributed by atoms with Crippen molar-refractivity contribution in [2.45, 2.75) is 6.92 Å². The second-order valence-corrected chi connectivity index (χ2v) is 8.02. The second kappa shape index (κ2) is 10.8. The van der Waals surface area contributed by atoms with Crippen LogP contribution >= 0.6 is 0 Å². The van der Waals surface area contributed by atoms with E-state index in [4.69, 9.17) is 14.2 Å². The fourth-order valence-electron chi connectivity index (χ4n) is 3.89. The number of rotatable bonds is 7. The molecule has 4 rings (SSSR count). The van der Waals surface area contributed by atoms with Gasteiger partial charge in [-0.05, 0) is 61.5 Å². The molecular weight excluding hydrogens is 474 g/mol. The van der Waals surface area contributed by atoms with Gasteiger partial charge in [-0.15, -0.1) is 0 Å². The Labute approximate surface area is 212 Å². The largest absolute Gasteiger partial charge is 0.497 e. The lowest BCUT2D eigenvalue weighted by molar-refractivity contribution is 0.0599. The van der Waals surface area contributed by atoms with E-state index in [2.05, 4.69) is 10.1 Å². The minimum Gasteiger partial charge on any atom is -0.497 e. The van der Waals surface area contributed by atoms with Crippen molar-refractivity contribution >= 4 is 23.3 Å². The molecule has 0 aliphatic rings. The summed E-state index contributed by atoms with van der Waals surface area (Å²) in [5.41, 5.74) is 2.89. The number of methoxy groups -OCH3 is 3. The zero-order valence-corrected chi connectivity index (χ0v) is 20.8. The number of aromatic nitrogens is 2. The zero-order valence-electron chi connectivity index (χ0n) is 20.8. The number of ether oxygens (including phenoxy) is 3. The monoisotopic (exact) mass is 499 g/mol. The average Bonchev–Trinajstić information content (AvgIpc) is 3.29. The minimum atomic E-state index is -0.633. The van der Waals surface area contributed by atoms with Crippen LogP contribution in [0.25, 0.3) is 16.9 Å². The van der Waals surface area contributed by atoms with Crippen LogP contribution in [0.5, 0.6) is 5.75 Å². The Kier molecular flexibility index (Phi) is 7.34. The summed E-state index contributed by atoms with van der Waals surface area (Å²) < 4.78 is 16.3. The minimum absolute atomic E-state index is 0.128. The average molecular weight is 500 g/mol. The van der Waals surface area contributed by atoms with E-state index in [9.17, 15) is 14.4 Å². The molecule has 0 bridgehead atoms. The first-order chi connectivity index (χ1) is 17.9. The van der Waals surface area contributed by atoms with Crippen molar-refractivity contribution in [2.24, 2.45) is 4.99 Å². The summed E-state index contributed by atoms with van der Waals surface area (Å²) in [5, 5.41) is 3.20. The maximum atomic E-state index is 13.6. The molecule has 188 valence electrons. The molecule has 0 radical (unpaired) electrons. The molecule has 9 nitrogen and oxygen atoms in total. The van der Waals surface area contributed by atoms with Gasteiger partial charge < -0.3 is 14.2 Å². The number of H-pyrrole nitrogens is 1. The van der Waals surface area contributed by atoms with Crippen LogP contribution in [0.4, 0.5) is 5.69 Å². The molecule has 4 aromatic rings. The van der Waals surface area contributed by atoms with Crippen LogP contribution in [-0.2, 0) is 9.47 Å². The molecule has 0 saturated heterocycles. The topological polar surface area (TPSA) is 112 Å². The molecule has 9 heteroatoms. The van der Waals surface area contributed by atoms with Crippen LogP contribution in [0.3, 0.4) is 0 Å². The molecule has 3 aromatic carbocycles. The van der Waals surface area contributed by atoms with Crippen molar-refractivity contribution < 1.29 is 23.8 Å². The van der Waals surface area contributed by atoms with Crippen molar-refractivity contribution in [3.63, 3.8) is 0 Å². The first-order valence-electron chi connectivity index (χ1n) is 11.3. The van der Waals surface area contributed by atoms with Gasteiger partial charge >= 0.3 is 11.9 Å². The summed E-state index contributed by atoms with van der Waals surface area (Å²) in [5.74, 6) is -0.589. The second-order valence-electron chi connectivity index (χ2n) is 8.02. The maximum Gasteiger partial charge on any atom is 0.337 e. The molecule has 0 amide bonds. The Morgan fingerprint density at radius 3 is 1.97 bits per heavy atom. The van der Waals surface area contributed by atoms with Crippen LogP contribution in [0.1, 0.15) is 33.2 Å². The van der Waals surface area contributed by atoms with E-state index >= 15 is 0 Å². The molecule has 1 heterocycles. The highest BCUT2D eigenvalue weighted by Crippen LogP contribution is 2.26. The fraction of sp³-hybridized carbons (Fsp3) is 0.143. The highest BCUT2D eigenvalue weighted by molar-refractivity contribution is 6.05. The SMILES string of the molecule is COC(=O)c1cc(N=C(C)c2c(-c3ccc(OC)cc3)[nH]n(-c3ccccc3)c2=O)cc(C(=O)OC)c1. The number of esters is 2. The number of carbonyl (C=O) groups excluding carboxylic acids is 2. The van der Waals surface area contributed by atoms with Gasteiger partial charge in [0.05, 0.1) is 60.8 Å². The van der Waals surface area contributed by atoms with Gasteiger partial charge in [-0.25, -0.2) is 14.3 Å². The van der Waals surface area contributed by atoms with Crippen LogP contribution in [0, 0.1) is 0 Å². The predicted octanol–water partition coefficient (Wildman–Crippen LogP) is 4.56. The van der Waals surface area contributed by atoms with Crippen LogP contribution < -0.4 is 10.3 Å². The molecule has 37 heavy (non-hydrogen) atoms. The fourth-order valence-corrected chi connectivity index (χ4v) is 3.89. The van der Waals surface area contributed by atoms with Crippen molar-refractivity contribution in [2.75, 3.05) is 21.3 Å². The number of benzene rings is 3. The van der Waals surface area contributed by atoms with Crippen LogP contribution in [-0.4, -0.2) is 48.8 Å². The predicted molar refractivity (Wildman–Crippen MR) is 139 cm³/mol. The van der Waals surface area contributed by atoms with Gasteiger partial charge in [-0.2, -0.15) is 0 Å². The first kappa shape index (κ1) is 25.2. The third-order valence-electron chi connectivity index (χ3n) is 5.70. The summed E-state index contributed by atoms with van der Waals surface area (Å²) in [4.78, 5) is 42.7. The Balaban J connectivity index is 1.91. The number of hydrogen-bond acceptors (Lipinski definition) is 7. The van der Waals surface area contributed by atoms with Gasteiger partial charge in [0.25, 0.3) is 5.56 Å². The number of hydrogen-bond donors (Lipinski definition) is 1. The van der Waals surface area contributed by atoms with Crippen LogP contribution in [0.15, 0.2) is 82.6 Å². The van der Waals surface area contributed by atoms with Crippen molar-refractivity contribution in [1.29, 1.82) is 0 Å². The van der Waals surface area contributed by atoms with Gasteiger partial charge in [0.15, 0.2) is 0 Å². The van der Waals surface area contributed by atoms with Gasteiger partial charge in [-0.3, -0.25) is 14.9 Å². The number of aliphatic imine (C=N–C) groups is 1. The van der Waals surface area contributed by atoms with E-state index in [-0.39, 0.29) is 22.4 Å². The Bertz CT molecular complexity index is 1500. The highest BCUT2D eigenvalue weighted by Gasteiger charge is 2.20. The number of para-hydroxylation sites is 1. The van der Waals surface area contributed by atoms with E-state index in [1.54, 1.807) is 26.2 Å². The van der Waals surface area contributed by atoms with Crippen molar-refractivity contribution in [3.8, 4) is 22.7 Å². The normalized spacial score (nSPS) is 11.2. The highest BCUT2D eigenvalue weighted by atomic mass is 16.5. The summed E-state index contributed by atoms with van der Waals surface area (Å²) in [6.07, 6.45) is 0. The van der Waals surface area contributed by atoms with E-state index in [1.165, 1.54) is 37.1 Å². The first-order valence-corrected chi connectivity index (χ1v) is 11.3. The van der Waals surface area contributed by atoms with E-state index in [0.717, 1.165) is 5.56 Å². The molecule has 0 aliphatic carbocycles. The molecule has 1 N–H and O–H groups in total. The van der Waals surface area contributed by atoms with Crippen molar-refractivity contribution in [1.82, 2.24) is 9.78 Å². The van der Waals surface area contributed by atoms with E-state index in [1.807, 2.05) is 42.5 Å². The molecule has 0 spiro atoms. The number of aromatic amines is 1. The standard InChI is InChI=1S/C28H25N3O6/c1-17(29-21-15-19(27(33)36-3)14-20(16-21)28(34)37-4)24-25(18-10-12-23(35-2)13-11-18)30-31(26(24)32)22-8-6-5-7-9-22/h5-16,30H,1-4H3. The quantitative estimate of drug-likeness (QED) is 0.295. The zero-order chi connectivity index (χ0) is 26.5. The smallest absolute Gasteiger partial charge is 0.337 e. The molecule has 1 aromatic heterocycles. The van der Waals surface area contributed by atoms with Crippen molar-refractivity contribution in [3.05, 3.63) is 99.8 Å². The molecule has 0 fully saturated rings. The van der Waals surface area contributed by atoms with E-state index < -0.39 is 11.9 Å². The van der Waals surface area contributed by atoms with E-state index in [0.29, 0.717) is 28.4 Å². The summed E-state index contributed by atoms with van der Waals surface area (Å²) in [6, 6.07) is 20.8. The number of nitrogens with one attached hydrogen (secondary N) is 1. The lowest BCUT2D eigenvalue weighted by Gasteiger charge is -2.07. The molecule has 0 aliphatic heterocycles. The summed E-state index contributed by atoms with van der Waals surface area (Å²) in [7, 11) is 4.07. The molecule has 0 saturated carbocycles. The molecule has 0 atom stereocenters. The Morgan fingerprint density at radius 2 is 1.43 bits per heavy atom. The van der Waals surface area contributed by atoms with Gasteiger partial charge in [0.1, 0.15) is 5.75 Å². The summed E-state index contributed by atoms with van der Waals surface area (Å²) in [6.45, 7) is 1.69. The lowest BCUT2D eigenvalue weighted by Crippen LogP contribution is -2.19. The number of carbonyl (C=O) groups is 2. The number of nitrogens with zero attached hydrogens (tertiary/aromatic N) is 2. The molecular formula is C28H25N3O6. The van der Waals surface area contributed by atoms with Gasteiger partial charge in [0, 0.05) is 5.56 Å². The van der Waals surface area contributed by atoms with Gasteiger partial charge in [0.2, 0.25) is 0 Å². The van der Waals surface area contributed by atoms with Crippen LogP contribution in [0.2, 0.25) is 0 Å². The third-order valence-corrected chi connectivity index (χ3v) is 5.70. The lowest BCUT2D eigenvalue weighted by atomic mass is 10.0. The Morgan fingerprint density at radius 1 is 0.838 bits per heavy atom. The molecule has 0 unspecified atom stereocenters. The summed E-state index contributed by atoms with van der Waals surface area (Å²) >= 11 is 0.